The molecule has 1 fully saturated rings. The lowest BCUT2D eigenvalue weighted by Crippen LogP contribution is -2.26. The van der Waals surface area contributed by atoms with Gasteiger partial charge in [0, 0.05) is 14.2 Å². The fourth-order valence-corrected chi connectivity index (χ4v) is 3.15. The van der Waals surface area contributed by atoms with Crippen LogP contribution in [0.5, 0.6) is 0 Å². The number of rotatable bonds is 5. The van der Waals surface area contributed by atoms with Crippen LogP contribution in [0.1, 0.15) is 17.2 Å². The summed E-state index contributed by atoms with van der Waals surface area (Å²) in [6.45, 7) is 0.418. The minimum Gasteiger partial charge on any atom is -0.382 e. The molecule has 3 aromatic rings. The fourth-order valence-electron chi connectivity index (χ4n) is 3.15. The predicted octanol–water partition coefficient (Wildman–Crippen LogP) is 2.38. The molecule has 1 unspecified atom stereocenters. The van der Waals surface area contributed by atoms with Crippen LogP contribution < -0.4 is 10.6 Å². The second-order valence-electron chi connectivity index (χ2n) is 6.60. The van der Waals surface area contributed by atoms with Crippen molar-refractivity contribution in [1.29, 1.82) is 0 Å². The number of fused-ring (bicyclic) bond motifs is 1. The van der Waals surface area contributed by atoms with Crippen LogP contribution in [-0.4, -0.2) is 35.1 Å². The number of aryl methyl sites for hydroxylation is 1. The maximum absolute atomic E-state index is 12.4. The van der Waals surface area contributed by atoms with E-state index in [0.29, 0.717) is 18.3 Å². The third-order valence-corrected chi connectivity index (χ3v) is 4.58. The molecule has 1 aliphatic heterocycles. The van der Waals surface area contributed by atoms with Crippen molar-refractivity contribution in [1.82, 2.24) is 20.2 Å². The fraction of sp³-hybridized carbons (Fsp3) is 0.190. The Labute approximate surface area is 162 Å². The Kier molecular flexibility index (Phi) is 4.90. The van der Waals surface area contributed by atoms with Gasteiger partial charge in [-0.25, -0.2) is 9.98 Å². The Morgan fingerprint density at radius 2 is 2.04 bits per heavy atom. The number of methoxy groups -OCH3 is 1. The van der Waals surface area contributed by atoms with Crippen LogP contribution in [0.3, 0.4) is 0 Å². The first-order valence-electron chi connectivity index (χ1n) is 8.97. The number of imidazole rings is 1. The van der Waals surface area contributed by atoms with Crippen molar-refractivity contribution < 1.29 is 9.53 Å². The first-order chi connectivity index (χ1) is 13.6. The third kappa shape index (κ3) is 3.65. The van der Waals surface area contributed by atoms with Crippen molar-refractivity contribution in [3.05, 3.63) is 71.7 Å². The monoisotopic (exact) mass is 375 g/mol. The number of hydrogen-bond donors (Lipinski definition) is 2. The van der Waals surface area contributed by atoms with Crippen LogP contribution in [0.4, 0.5) is 0 Å². The molecule has 28 heavy (non-hydrogen) atoms. The molecule has 1 saturated heterocycles. The van der Waals surface area contributed by atoms with Gasteiger partial charge in [0.2, 0.25) is 5.96 Å². The van der Waals surface area contributed by atoms with Crippen LogP contribution in [0, 0.1) is 0 Å². The molecule has 0 radical (unpaired) electrons. The van der Waals surface area contributed by atoms with Gasteiger partial charge in [-0.15, -0.1) is 0 Å². The van der Waals surface area contributed by atoms with E-state index < -0.39 is 0 Å². The minimum absolute atomic E-state index is 0.209. The van der Waals surface area contributed by atoms with Crippen molar-refractivity contribution in [2.75, 3.05) is 13.7 Å². The molecule has 142 valence electrons. The van der Waals surface area contributed by atoms with E-state index in [2.05, 4.69) is 20.6 Å². The summed E-state index contributed by atoms with van der Waals surface area (Å²) in [6, 6.07) is 15.5. The van der Waals surface area contributed by atoms with Crippen LogP contribution in [0.25, 0.3) is 17.1 Å². The highest BCUT2D eigenvalue weighted by Gasteiger charge is 2.23. The third-order valence-electron chi connectivity index (χ3n) is 4.58. The predicted molar refractivity (Wildman–Crippen MR) is 108 cm³/mol. The van der Waals surface area contributed by atoms with Crippen molar-refractivity contribution in [2.24, 2.45) is 12.0 Å². The Balaban J connectivity index is 1.59. The van der Waals surface area contributed by atoms with Gasteiger partial charge in [-0.3, -0.25) is 10.1 Å². The lowest BCUT2D eigenvalue weighted by atomic mass is 10.1. The Bertz CT molecular complexity index is 1070. The number of nitrogens with zero attached hydrogens (tertiary/aromatic N) is 3. The summed E-state index contributed by atoms with van der Waals surface area (Å²) in [6.07, 6.45) is 3.57. The molecule has 0 saturated carbocycles. The smallest absolute Gasteiger partial charge is 0.274 e. The molecule has 7 nitrogen and oxygen atoms in total. The Hall–Kier alpha value is -3.45. The molecule has 1 atom stereocenters. The molecule has 1 aromatic heterocycles. The van der Waals surface area contributed by atoms with Gasteiger partial charge in [-0.05, 0) is 29.3 Å². The van der Waals surface area contributed by atoms with Crippen molar-refractivity contribution >= 4 is 29.0 Å². The highest BCUT2D eigenvalue weighted by molar-refractivity contribution is 6.15. The second-order valence-corrected chi connectivity index (χ2v) is 6.60. The summed E-state index contributed by atoms with van der Waals surface area (Å²) in [5.74, 6) is 0.205. The highest BCUT2D eigenvalue weighted by Crippen LogP contribution is 2.19. The maximum atomic E-state index is 12.4. The average Bonchev–Trinajstić information content (AvgIpc) is 3.24. The number of benzene rings is 2. The van der Waals surface area contributed by atoms with E-state index in [9.17, 15) is 4.79 Å². The number of amides is 1. The quantitative estimate of drug-likeness (QED) is 0.671. The SMILES string of the molecule is COCC(N=C1NC(=O)/C(=C/c2ccc3ncn(C)c3c2)N1)c1ccccc1. The zero-order chi connectivity index (χ0) is 19.5. The summed E-state index contributed by atoms with van der Waals surface area (Å²) in [7, 11) is 3.58. The molecule has 0 spiro atoms. The maximum Gasteiger partial charge on any atom is 0.274 e. The summed E-state index contributed by atoms with van der Waals surface area (Å²) < 4.78 is 7.24. The van der Waals surface area contributed by atoms with Crippen LogP contribution in [0.15, 0.2) is 65.5 Å². The number of carbonyl (C=O) groups is 1. The van der Waals surface area contributed by atoms with Gasteiger partial charge in [-0.1, -0.05) is 36.4 Å². The van der Waals surface area contributed by atoms with E-state index in [1.807, 2.05) is 60.1 Å². The Morgan fingerprint density at radius 1 is 1.21 bits per heavy atom. The van der Waals surface area contributed by atoms with Gasteiger partial charge >= 0.3 is 0 Å². The zero-order valence-corrected chi connectivity index (χ0v) is 15.7. The molecule has 4 rings (SSSR count). The van der Waals surface area contributed by atoms with Crippen LogP contribution in [-0.2, 0) is 16.6 Å². The van der Waals surface area contributed by atoms with Gasteiger partial charge in [0.25, 0.3) is 5.91 Å². The van der Waals surface area contributed by atoms with Gasteiger partial charge in [0.05, 0.1) is 24.0 Å². The van der Waals surface area contributed by atoms with Crippen LogP contribution in [0.2, 0.25) is 0 Å². The molecule has 7 heteroatoms. The van der Waals surface area contributed by atoms with Crippen LogP contribution >= 0.6 is 0 Å². The van der Waals surface area contributed by atoms with Gasteiger partial charge in [-0.2, -0.15) is 0 Å². The average molecular weight is 375 g/mol. The molecule has 2 heterocycles. The number of nitrogens with one attached hydrogen (secondary N) is 2. The topological polar surface area (TPSA) is 80.5 Å². The lowest BCUT2D eigenvalue weighted by molar-refractivity contribution is -0.115. The van der Waals surface area contributed by atoms with E-state index in [1.54, 1.807) is 19.5 Å². The molecule has 2 aromatic carbocycles. The molecule has 1 amide bonds. The van der Waals surface area contributed by atoms with E-state index in [1.165, 1.54) is 0 Å². The molecule has 0 bridgehead atoms. The molecular formula is C21H21N5O2. The van der Waals surface area contributed by atoms with E-state index in [4.69, 9.17) is 4.74 Å². The molecule has 0 aliphatic carbocycles. The van der Waals surface area contributed by atoms with Crippen molar-refractivity contribution in [3.8, 4) is 0 Å². The number of guanidine groups is 1. The van der Waals surface area contributed by atoms with Gasteiger partial charge in [0.15, 0.2) is 0 Å². The zero-order valence-electron chi connectivity index (χ0n) is 15.7. The highest BCUT2D eigenvalue weighted by atomic mass is 16.5. The van der Waals surface area contributed by atoms with Crippen molar-refractivity contribution in [3.63, 3.8) is 0 Å². The Morgan fingerprint density at radius 3 is 2.82 bits per heavy atom. The van der Waals surface area contributed by atoms with E-state index >= 15 is 0 Å². The number of aliphatic imine (C=N–C) groups is 1. The van der Waals surface area contributed by atoms with E-state index in [-0.39, 0.29) is 11.9 Å². The van der Waals surface area contributed by atoms with E-state index in [0.717, 1.165) is 22.2 Å². The first-order valence-corrected chi connectivity index (χ1v) is 8.97. The number of hydrogen-bond acceptors (Lipinski definition) is 4. The summed E-state index contributed by atoms with van der Waals surface area (Å²) in [5.41, 5.74) is 4.30. The minimum atomic E-state index is -0.215. The molecule has 2 N–H and O–H groups in total. The standard InChI is InChI=1S/C21H21N5O2/c1-26-13-22-16-9-8-14(11-19(16)26)10-17-20(27)25-21(23-17)24-18(12-28-2)15-6-4-3-5-7-15/h3-11,13,18H,12H2,1-2H3,(H2,23,24,25,27)/b17-10-. The lowest BCUT2D eigenvalue weighted by Gasteiger charge is -2.12. The summed E-state index contributed by atoms with van der Waals surface area (Å²) >= 11 is 0. The van der Waals surface area contributed by atoms with Gasteiger partial charge < -0.3 is 14.6 Å². The second kappa shape index (κ2) is 7.66. The molecule has 1 aliphatic rings. The number of ether oxygens (including phenoxy) is 1. The van der Waals surface area contributed by atoms with Crippen molar-refractivity contribution in [2.45, 2.75) is 6.04 Å². The molecular weight excluding hydrogens is 354 g/mol. The number of aromatic nitrogens is 2. The summed E-state index contributed by atoms with van der Waals surface area (Å²) in [4.78, 5) is 21.3. The summed E-state index contributed by atoms with van der Waals surface area (Å²) in [5, 5.41) is 5.86. The largest absolute Gasteiger partial charge is 0.382 e. The number of carbonyl (C=O) groups excluding carboxylic acids is 1. The first kappa shape index (κ1) is 17.9. The van der Waals surface area contributed by atoms with Gasteiger partial charge in [0.1, 0.15) is 11.7 Å². The normalized spacial score (nSPS) is 17.9.